The standard InChI is InChI=1S/C29H23N3O4S/c30-15-22-19-7-2-4-10-24(19)37-28(22)32-25(33)16-36-29(34)26-20-8-1-3-9-23(20)31-27-17(11-12-21(26)27)14-18-6-5-13-35-18/h1,3,5-6,8-9,13-14H,2,4,7,10-12,16H2,(H,32,33)/b17-14+. The summed E-state index contributed by atoms with van der Waals surface area (Å²) in [6.07, 6.45) is 8.85. The molecule has 0 saturated heterocycles. The third kappa shape index (κ3) is 4.32. The number of esters is 1. The first-order chi connectivity index (χ1) is 18.1. The van der Waals surface area contributed by atoms with Crippen LogP contribution >= 0.6 is 11.3 Å². The maximum absolute atomic E-state index is 13.4. The summed E-state index contributed by atoms with van der Waals surface area (Å²) in [6, 6.07) is 13.4. The van der Waals surface area contributed by atoms with Crippen molar-refractivity contribution in [3.05, 3.63) is 81.2 Å². The van der Waals surface area contributed by atoms with Gasteiger partial charge in [0.2, 0.25) is 0 Å². The third-order valence-electron chi connectivity index (χ3n) is 6.88. The normalized spacial score (nSPS) is 15.3. The summed E-state index contributed by atoms with van der Waals surface area (Å²) in [5.41, 5.74) is 5.28. The van der Waals surface area contributed by atoms with E-state index in [4.69, 9.17) is 14.1 Å². The largest absolute Gasteiger partial charge is 0.465 e. The van der Waals surface area contributed by atoms with Crippen molar-refractivity contribution in [2.75, 3.05) is 11.9 Å². The van der Waals surface area contributed by atoms with Crippen LogP contribution < -0.4 is 5.32 Å². The number of hydrogen-bond acceptors (Lipinski definition) is 7. The molecule has 184 valence electrons. The van der Waals surface area contributed by atoms with Gasteiger partial charge in [-0.3, -0.25) is 4.79 Å². The highest BCUT2D eigenvalue weighted by atomic mass is 32.1. The lowest BCUT2D eigenvalue weighted by Gasteiger charge is -2.12. The maximum atomic E-state index is 13.4. The van der Waals surface area contributed by atoms with Crippen LogP contribution in [0.5, 0.6) is 0 Å². The van der Waals surface area contributed by atoms with E-state index < -0.39 is 18.5 Å². The fourth-order valence-corrected chi connectivity index (χ4v) is 6.45. The SMILES string of the molecule is N#Cc1c(NC(=O)COC(=O)c2c3c(nc4ccccc24)/C(=C/c2ccco2)CC3)sc2c1CCCC2. The summed E-state index contributed by atoms with van der Waals surface area (Å²) in [4.78, 5) is 32.1. The Morgan fingerprint density at radius 2 is 1.97 bits per heavy atom. The predicted molar refractivity (Wildman–Crippen MR) is 141 cm³/mol. The van der Waals surface area contributed by atoms with E-state index in [0.717, 1.165) is 65.1 Å². The number of benzene rings is 1. The number of furan rings is 1. The van der Waals surface area contributed by atoms with E-state index in [1.165, 1.54) is 11.3 Å². The van der Waals surface area contributed by atoms with E-state index in [1.54, 1.807) is 6.26 Å². The molecule has 0 radical (unpaired) electrons. The third-order valence-corrected chi connectivity index (χ3v) is 8.08. The van der Waals surface area contributed by atoms with Crippen molar-refractivity contribution in [3.63, 3.8) is 0 Å². The first kappa shape index (κ1) is 23.2. The molecule has 6 rings (SSSR count). The molecule has 0 bridgehead atoms. The molecule has 0 aliphatic heterocycles. The van der Waals surface area contributed by atoms with Crippen LogP contribution in [0.2, 0.25) is 0 Å². The van der Waals surface area contributed by atoms with Gasteiger partial charge in [-0.1, -0.05) is 18.2 Å². The van der Waals surface area contributed by atoms with Crippen LogP contribution in [0.15, 0.2) is 47.1 Å². The van der Waals surface area contributed by atoms with Crippen LogP contribution in [0.4, 0.5) is 5.00 Å². The zero-order chi connectivity index (χ0) is 25.4. The Morgan fingerprint density at radius 1 is 1.11 bits per heavy atom. The fourth-order valence-electron chi connectivity index (χ4n) is 5.20. The van der Waals surface area contributed by atoms with E-state index in [2.05, 4.69) is 11.4 Å². The smallest absolute Gasteiger partial charge is 0.339 e. The first-order valence-electron chi connectivity index (χ1n) is 12.3. The zero-order valence-corrected chi connectivity index (χ0v) is 20.8. The van der Waals surface area contributed by atoms with Gasteiger partial charge in [-0.05, 0) is 79.5 Å². The molecule has 0 atom stereocenters. The van der Waals surface area contributed by atoms with Gasteiger partial charge < -0.3 is 14.5 Å². The number of rotatable bonds is 5. The van der Waals surface area contributed by atoms with Crippen LogP contribution in [0, 0.1) is 11.3 Å². The highest BCUT2D eigenvalue weighted by Gasteiger charge is 2.28. The molecule has 3 aromatic heterocycles. The second-order valence-corrected chi connectivity index (χ2v) is 10.3. The topological polar surface area (TPSA) is 105 Å². The number of carbonyl (C=O) groups excluding carboxylic acids is 2. The van der Waals surface area contributed by atoms with Gasteiger partial charge in [0.25, 0.3) is 5.91 Å². The average Bonchev–Trinajstić information content (AvgIpc) is 3.65. The molecule has 37 heavy (non-hydrogen) atoms. The van der Waals surface area contributed by atoms with Gasteiger partial charge in [-0.2, -0.15) is 5.26 Å². The molecule has 2 aliphatic carbocycles. The number of ether oxygens (including phenoxy) is 1. The highest BCUT2D eigenvalue weighted by Crippen LogP contribution is 2.39. The maximum Gasteiger partial charge on any atom is 0.339 e. The van der Waals surface area contributed by atoms with Crippen molar-refractivity contribution in [1.29, 1.82) is 5.26 Å². The van der Waals surface area contributed by atoms with Gasteiger partial charge in [-0.15, -0.1) is 11.3 Å². The van der Waals surface area contributed by atoms with Gasteiger partial charge in [-0.25, -0.2) is 9.78 Å². The molecule has 4 aromatic rings. The Balaban J connectivity index is 1.25. The first-order valence-corrected chi connectivity index (χ1v) is 13.1. The number of allylic oxidation sites excluding steroid dienone is 1. The number of nitrogens with one attached hydrogen (secondary N) is 1. The van der Waals surface area contributed by atoms with Crippen LogP contribution in [0.3, 0.4) is 0 Å². The Hall–Kier alpha value is -4.22. The van der Waals surface area contributed by atoms with E-state index in [-0.39, 0.29) is 0 Å². The van der Waals surface area contributed by atoms with E-state index in [1.807, 2.05) is 42.5 Å². The Labute approximate surface area is 217 Å². The summed E-state index contributed by atoms with van der Waals surface area (Å²) in [7, 11) is 0. The number of aromatic nitrogens is 1. The van der Waals surface area contributed by atoms with Crippen molar-refractivity contribution in [1.82, 2.24) is 4.98 Å². The fraction of sp³-hybridized carbons (Fsp3) is 0.241. The lowest BCUT2D eigenvalue weighted by Crippen LogP contribution is -2.21. The lowest BCUT2D eigenvalue weighted by atomic mass is 9.96. The average molecular weight is 510 g/mol. The molecule has 0 spiro atoms. The van der Waals surface area contributed by atoms with Crippen molar-refractivity contribution < 1.29 is 18.7 Å². The predicted octanol–water partition coefficient (Wildman–Crippen LogP) is 5.92. The minimum atomic E-state index is -0.560. The summed E-state index contributed by atoms with van der Waals surface area (Å²) in [5.74, 6) is -0.294. The number of fused-ring (bicyclic) bond motifs is 3. The number of nitriles is 1. The number of para-hydroxylation sites is 1. The minimum Gasteiger partial charge on any atom is -0.465 e. The number of nitrogens with zero attached hydrogens (tertiary/aromatic N) is 2. The van der Waals surface area contributed by atoms with E-state index in [9.17, 15) is 14.9 Å². The Kier molecular flexibility index (Phi) is 6.07. The number of hydrogen-bond donors (Lipinski definition) is 1. The second kappa shape index (κ2) is 9.68. The number of aryl methyl sites for hydroxylation is 1. The van der Waals surface area contributed by atoms with Gasteiger partial charge in [0.1, 0.15) is 16.8 Å². The molecule has 7 nitrogen and oxygen atoms in total. The number of amides is 1. The molecule has 1 N–H and O–H groups in total. The number of anilines is 1. The van der Waals surface area contributed by atoms with Gasteiger partial charge in [0, 0.05) is 10.3 Å². The molecule has 1 amide bonds. The Bertz CT molecular complexity index is 1610. The monoisotopic (exact) mass is 509 g/mol. The van der Waals surface area contributed by atoms with Crippen molar-refractivity contribution in [2.45, 2.75) is 38.5 Å². The number of pyridine rings is 1. The van der Waals surface area contributed by atoms with Gasteiger partial charge >= 0.3 is 5.97 Å². The van der Waals surface area contributed by atoms with Gasteiger partial charge in [0.15, 0.2) is 6.61 Å². The quantitative estimate of drug-likeness (QED) is 0.335. The molecule has 8 heteroatoms. The summed E-state index contributed by atoms with van der Waals surface area (Å²) >= 11 is 1.45. The molecule has 3 heterocycles. The summed E-state index contributed by atoms with van der Waals surface area (Å²) < 4.78 is 11.0. The second-order valence-electron chi connectivity index (χ2n) is 9.17. The molecule has 0 fully saturated rings. The molecule has 2 aliphatic rings. The van der Waals surface area contributed by atoms with Crippen LogP contribution in [0.1, 0.15) is 62.6 Å². The molecular formula is C29H23N3O4S. The molecule has 1 aromatic carbocycles. The van der Waals surface area contributed by atoms with E-state index in [0.29, 0.717) is 33.5 Å². The highest BCUT2D eigenvalue weighted by molar-refractivity contribution is 7.16. The van der Waals surface area contributed by atoms with Crippen LogP contribution in [0.25, 0.3) is 22.6 Å². The Morgan fingerprint density at radius 3 is 2.81 bits per heavy atom. The van der Waals surface area contributed by atoms with Crippen molar-refractivity contribution in [2.24, 2.45) is 0 Å². The van der Waals surface area contributed by atoms with Crippen molar-refractivity contribution in [3.8, 4) is 6.07 Å². The summed E-state index contributed by atoms with van der Waals surface area (Å²) in [6.45, 7) is -0.438. The lowest BCUT2D eigenvalue weighted by molar-refractivity contribution is -0.119. The molecular weight excluding hydrogens is 486 g/mol. The molecule has 0 unspecified atom stereocenters. The zero-order valence-electron chi connectivity index (χ0n) is 20.0. The number of thiophene rings is 1. The van der Waals surface area contributed by atoms with E-state index >= 15 is 0 Å². The minimum absolute atomic E-state index is 0.438. The van der Waals surface area contributed by atoms with Crippen LogP contribution in [-0.4, -0.2) is 23.5 Å². The molecule has 0 saturated carbocycles. The van der Waals surface area contributed by atoms with Crippen molar-refractivity contribution >= 4 is 50.8 Å². The summed E-state index contributed by atoms with van der Waals surface area (Å²) in [5, 5.41) is 13.7. The van der Waals surface area contributed by atoms with Crippen LogP contribution in [-0.2, 0) is 28.8 Å². The number of carbonyl (C=O) groups is 2. The van der Waals surface area contributed by atoms with Gasteiger partial charge in [0.05, 0.1) is 28.6 Å².